The molecule has 22 heavy (non-hydrogen) atoms. The van der Waals surface area contributed by atoms with Gasteiger partial charge < -0.3 is 0 Å². The molecule has 0 N–H and O–H groups in total. The summed E-state index contributed by atoms with van der Waals surface area (Å²) in [6.07, 6.45) is 18.8. The van der Waals surface area contributed by atoms with Crippen LogP contribution in [0.4, 0.5) is 0 Å². The third kappa shape index (κ3) is 18.0. The molecule has 0 amide bonds. The van der Waals surface area contributed by atoms with Gasteiger partial charge in [-0.15, -0.1) is 0 Å². The van der Waals surface area contributed by atoms with Crippen molar-refractivity contribution in [3.05, 3.63) is 0 Å². The van der Waals surface area contributed by atoms with Crippen LogP contribution in [0.5, 0.6) is 0 Å². The maximum atomic E-state index is 11.2. The van der Waals surface area contributed by atoms with Crippen LogP contribution in [0.25, 0.3) is 0 Å². The second-order valence-electron chi connectivity index (χ2n) is 7.01. The molecular formula is C20H40O2. The minimum Gasteiger partial charge on any atom is -0.233 e. The van der Waals surface area contributed by atoms with Crippen LogP contribution in [0.3, 0.4) is 0 Å². The van der Waals surface area contributed by atoms with E-state index in [0.717, 1.165) is 32.1 Å². The van der Waals surface area contributed by atoms with Crippen molar-refractivity contribution in [3.63, 3.8) is 0 Å². The maximum absolute atomic E-state index is 11.2. The lowest BCUT2D eigenvalue weighted by Gasteiger charge is -2.05. The minimum atomic E-state index is -0.367. The van der Waals surface area contributed by atoms with Gasteiger partial charge in [-0.1, -0.05) is 90.4 Å². The Hall–Kier alpha value is -0.0800. The van der Waals surface area contributed by atoms with Crippen molar-refractivity contribution in [2.24, 2.45) is 0 Å². The maximum Gasteiger partial charge on any atom is 0.0927 e. The zero-order valence-electron chi connectivity index (χ0n) is 15.3. The molecule has 0 heterocycles. The second kappa shape index (κ2) is 17.3. The molecule has 0 aliphatic carbocycles. The van der Waals surface area contributed by atoms with Crippen LogP contribution in [0.2, 0.25) is 0 Å². The zero-order valence-corrected chi connectivity index (χ0v) is 15.3. The molecule has 0 aromatic rings. The van der Waals surface area contributed by atoms with E-state index in [1.807, 2.05) is 6.92 Å². The van der Waals surface area contributed by atoms with Crippen molar-refractivity contribution in [2.45, 2.75) is 129 Å². The standard InChI is InChI=1S/C20H40O2/c1-3-20(22)18-16-14-12-10-8-6-4-5-7-9-11-13-15-17-19(2)21/h19-20H,3-18H2,1-2H3. The van der Waals surface area contributed by atoms with E-state index >= 15 is 0 Å². The topological polar surface area (TPSA) is 39.8 Å². The summed E-state index contributed by atoms with van der Waals surface area (Å²) in [5.74, 6) is 0. The Morgan fingerprint density at radius 3 is 1.18 bits per heavy atom. The van der Waals surface area contributed by atoms with Gasteiger partial charge in [0.05, 0.1) is 12.2 Å². The molecular weight excluding hydrogens is 272 g/mol. The monoisotopic (exact) mass is 312 g/mol. The van der Waals surface area contributed by atoms with Crippen LogP contribution in [0.1, 0.15) is 117 Å². The average molecular weight is 313 g/mol. The first-order valence-electron chi connectivity index (χ1n) is 9.98. The molecule has 0 aromatic carbocycles. The Balaban J connectivity index is 3.00. The van der Waals surface area contributed by atoms with Crippen LogP contribution in [-0.4, -0.2) is 12.2 Å². The van der Waals surface area contributed by atoms with Crippen LogP contribution in [-0.2, 0) is 10.2 Å². The molecule has 2 nitrogen and oxygen atoms in total. The first-order chi connectivity index (χ1) is 10.7. The Kier molecular flexibility index (Phi) is 17.2. The van der Waals surface area contributed by atoms with E-state index in [4.69, 9.17) is 0 Å². The van der Waals surface area contributed by atoms with Gasteiger partial charge in [0, 0.05) is 0 Å². The molecule has 0 aliphatic heterocycles. The van der Waals surface area contributed by atoms with Gasteiger partial charge in [-0.2, -0.15) is 0 Å². The van der Waals surface area contributed by atoms with Crippen LogP contribution < -0.4 is 0 Å². The average Bonchev–Trinajstić information content (AvgIpc) is 2.50. The minimum absolute atomic E-state index is 0.316. The van der Waals surface area contributed by atoms with E-state index in [1.165, 1.54) is 70.6 Å². The summed E-state index contributed by atoms with van der Waals surface area (Å²) in [6.45, 7) is 3.76. The van der Waals surface area contributed by atoms with Crippen LogP contribution in [0, 0.1) is 0 Å². The summed E-state index contributed by atoms with van der Waals surface area (Å²) in [5.41, 5.74) is 0. The predicted molar refractivity (Wildman–Crippen MR) is 94.2 cm³/mol. The fraction of sp³-hybridized carbons (Fsp3) is 1.00. The molecule has 2 radical (unpaired) electrons. The molecule has 0 aliphatic rings. The third-order valence-electron chi connectivity index (χ3n) is 4.59. The fourth-order valence-corrected chi connectivity index (χ4v) is 2.95. The molecule has 132 valence electrons. The Morgan fingerprint density at radius 1 is 0.545 bits per heavy atom. The lowest BCUT2D eigenvalue weighted by molar-refractivity contribution is 0.0755. The van der Waals surface area contributed by atoms with Gasteiger partial charge in [0.25, 0.3) is 0 Å². The van der Waals surface area contributed by atoms with Gasteiger partial charge in [-0.3, -0.25) is 0 Å². The molecule has 0 bridgehead atoms. The van der Waals surface area contributed by atoms with Gasteiger partial charge in [0.1, 0.15) is 0 Å². The van der Waals surface area contributed by atoms with Crippen LogP contribution >= 0.6 is 0 Å². The Labute approximate surface area is 139 Å². The summed E-state index contributed by atoms with van der Waals surface area (Å²) >= 11 is 0. The quantitative estimate of drug-likeness (QED) is 0.263. The number of unbranched alkanes of at least 4 members (excludes halogenated alkanes) is 12. The number of hydrogen-bond donors (Lipinski definition) is 0. The molecule has 0 saturated carbocycles. The summed E-state index contributed by atoms with van der Waals surface area (Å²) in [6, 6.07) is 0. The van der Waals surface area contributed by atoms with Gasteiger partial charge in [0.15, 0.2) is 0 Å². The van der Waals surface area contributed by atoms with E-state index in [9.17, 15) is 10.2 Å². The van der Waals surface area contributed by atoms with E-state index in [2.05, 4.69) is 0 Å². The summed E-state index contributed by atoms with van der Waals surface area (Å²) in [7, 11) is 0. The molecule has 2 atom stereocenters. The van der Waals surface area contributed by atoms with E-state index in [0.29, 0.717) is 0 Å². The van der Waals surface area contributed by atoms with E-state index in [-0.39, 0.29) is 12.2 Å². The van der Waals surface area contributed by atoms with Gasteiger partial charge in [0.2, 0.25) is 0 Å². The summed E-state index contributed by atoms with van der Waals surface area (Å²) < 4.78 is 0. The third-order valence-corrected chi connectivity index (χ3v) is 4.59. The van der Waals surface area contributed by atoms with Crippen LogP contribution in [0.15, 0.2) is 0 Å². The molecule has 0 spiro atoms. The zero-order chi connectivity index (χ0) is 16.5. The number of rotatable bonds is 17. The van der Waals surface area contributed by atoms with Crippen molar-refractivity contribution >= 4 is 0 Å². The largest absolute Gasteiger partial charge is 0.233 e. The van der Waals surface area contributed by atoms with Crippen molar-refractivity contribution in [1.82, 2.24) is 0 Å². The first kappa shape index (κ1) is 21.9. The second-order valence-corrected chi connectivity index (χ2v) is 7.01. The highest BCUT2D eigenvalue weighted by molar-refractivity contribution is 4.54. The van der Waals surface area contributed by atoms with Gasteiger partial charge in [-0.05, 0) is 26.2 Å². The predicted octanol–water partition coefficient (Wildman–Crippen LogP) is 6.87. The highest BCUT2D eigenvalue weighted by Gasteiger charge is 2.01. The van der Waals surface area contributed by atoms with E-state index in [1.54, 1.807) is 6.92 Å². The molecule has 0 aromatic heterocycles. The van der Waals surface area contributed by atoms with Crippen molar-refractivity contribution < 1.29 is 10.2 Å². The SMILES string of the molecule is CCC([O])CCCCCCCCCCCCCCCC(C)[O]. The van der Waals surface area contributed by atoms with Crippen molar-refractivity contribution in [3.8, 4) is 0 Å². The fourth-order valence-electron chi connectivity index (χ4n) is 2.95. The summed E-state index contributed by atoms with van der Waals surface area (Å²) in [4.78, 5) is 0. The highest BCUT2D eigenvalue weighted by atomic mass is 16.3. The van der Waals surface area contributed by atoms with E-state index < -0.39 is 0 Å². The number of hydrogen-bond acceptors (Lipinski definition) is 0. The normalized spacial score (nSPS) is 14.2. The molecule has 2 heteroatoms. The molecule has 2 unspecified atom stereocenters. The van der Waals surface area contributed by atoms with Gasteiger partial charge >= 0.3 is 0 Å². The smallest absolute Gasteiger partial charge is 0.0927 e. The molecule has 0 rings (SSSR count). The highest BCUT2D eigenvalue weighted by Crippen LogP contribution is 2.14. The lowest BCUT2D eigenvalue weighted by atomic mass is 10.0. The van der Waals surface area contributed by atoms with Crippen molar-refractivity contribution in [1.29, 1.82) is 0 Å². The Bertz CT molecular complexity index is 204. The molecule has 0 saturated heterocycles. The van der Waals surface area contributed by atoms with Crippen molar-refractivity contribution in [2.75, 3.05) is 0 Å². The first-order valence-corrected chi connectivity index (χ1v) is 9.98. The van der Waals surface area contributed by atoms with Gasteiger partial charge in [-0.25, -0.2) is 10.2 Å². The molecule has 0 fully saturated rings. The Morgan fingerprint density at radius 2 is 0.864 bits per heavy atom. The lowest BCUT2D eigenvalue weighted by Crippen LogP contribution is -2.01. The summed E-state index contributed by atoms with van der Waals surface area (Å²) in [5, 5.41) is 22.1.